The van der Waals surface area contributed by atoms with Crippen molar-refractivity contribution >= 4 is 23.8 Å². The Morgan fingerprint density at radius 1 is 1.42 bits per heavy atom. The molecular formula is C13H11ClF2N2S. The van der Waals surface area contributed by atoms with Gasteiger partial charge in [0, 0.05) is 29.4 Å². The summed E-state index contributed by atoms with van der Waals surface area (Å²) in [5.41, 5.74) is 2.02. The third kappa shape index (κ3) is 1.92. The average molecular weight is 301 g/mol. The van der Waals surface area contributed by atoms with Gasteiger partial charge in [-0.25, -0.2) is 8.78 Å². The molecule has 1 aromatic carbocycles. The summed E-state index contributed by atoms with van der Waals surface area (Å²) in [6.45, 7) is 2.39. The number of aromatic amines is 1. The fourth-order valence-corrected chi connectivity index (χ4v) is 3.21. The minimum absolute atomic E-state index is 0.0464. The predicted molar refractivity (Wildman–Crippen MR) is 72.2 cm³/mol. The highest BCUT2D eigenvalue weighted by atomic mass is 35.5. The second-order valence-electron chi connectivity index (χ2n) is 4.77. The summed E-state index contributed by atoms with van der Waals surface area (Å²) in [6, 6.07) is 2.45. The molecule has 3 rings (SSSR count). The molecule has 2 heterocycles. The summed E-state index contributed by atoms with van der Waals surface area (Å²) < 4.78 is 30.4. The molecule has 19 heavy (non-hydrogen) atoms. The van der Waals surface area contributed by atoms with Gasteiger partial charge in [0.15, 0.2) is 4.77 Å². The van der Waals surface area contributed by atoms with Gasteiger partial charge >= 0.3 is 0 Å². The van der Waals surface area contributed by atoms with E-state index in [1.807, 2.05) is 11.5 Å². The Balaban J connectivity index is 2.06. The first-order valence-corrected chi connectivity index (χ1v) is 6.69. The van der Waals surface area contributed by atoms with E-state index in [1.165, 1.54) is 12.1 Å². The Bertz CT molecular complexity index is 720. The number of benzene rings is 1. The number of H-pyrrole nitrogens is 1. The lowest BCUT2D eigenvalue weighted by atomic mass is 9.95. The third-order valence-electron chi connectivity index (χ3n) is 3.63. The summed E-state index contributed by atoms with van der Waals surface area (Å²) in [6.07, 6.45) is 0.563. The Kier molecular flexibility index (Phi) is 2.98. The second-order valence-corrected chi connectivity index (χ2v) is 5.56. The van der Waals surface area contributed by atoms with Gasteiger partial charge in [0.05, 0.1) is 5.02 Å². The van der Waals surface area contributed by atoms with Crippen molar-refractivity contribution in [2.45, 2.75) is 25.8 Å². The van der Waals surface area contributed by atoms with E-state index in [0.29, 0.717) is 17.7 Å². The second kappa shape index (κ2) is 4.42. The van der Waals surface area contributed by atoms with E-state index in [-0.39, 0.29) is 16.5 Å². The van der Waals surface area contributed by atoms with E-state index in [4.69, 9.17) is 23.8 Å². The first-order chi connectivity index (χ1) is 8.99. The van der Waals surface area contributed by atoms with E-state index < -0.39 is 11.6 Å². The lowest BCUT2D eigenvalue weighted by Crippen LogP contribution is -2.07. The monoisotopic (exact) mass is 300 g/mol. The Hall–Kier alpha value is -1.20. The standard InChI is InChI=1S/C13H11ClF2N2S/c1-6-10-4-7(5-18(10)13(19)17-6)11-9(15)3-2-8(14)12(11)16/h2-3,7H,4-5H2,1H3,(H,17,19). The van der Waals surface area contributed by atoms with Gasteiger partial charge in [-0.1, -0.05) is 11.6 Å². The summed E-state index contributed by atoms with van der Waals surface area (Å²) >= 11 is 10.9. The van der Waals surface area contributed by atoms with Crippen molar-refractivity contribution in [3.8, 4) is 0 Å². The van der Waals surface area contributed by atoms with Gasteiger partial charge in [-0.05, 0) is 37.7 Å². The van der Waals surface area contributed by atoms with Crippen molar-refractivity contribution in [1.82, 2.24) is 9.55 Å². The van der Waals surface area contributed by atoms with Gasteiger partial charge in [-0.2, -0.15) is 0 Å². The van der Waals surface area contributed by atoms with Crippen molar-refractivity contribution in [3.05, 3.63) is 50.5 Å². The fraction of sp³-hybridized carbons (Fsp3) is 0.308. The number of nitrogens with zero attached hydrogens (tertiary/aromatic N) is 1. The van der Waals surface area contributed by atoms with E-state index in [1.54, 1.807) is 0 Å². The molecular weight excluding hydrogens is 290 g/mol. The summed E-state index contributed by atoms with van der Waals surface area (Å²) in [7, 11) is 0. The molecule has 0 bridgehead atoms. The van der Waals surface area contributed by atoms with Crippen molar-refractivity contribution in [3.63, 3.8) is 0 Å². The molecule has 1 aliphatic heterocycles. The smallest absolute Gasteiger partial charge is 0.177 e. The number of aryl methyl sites for hydroxylation is 1. The molecule has 1 aromatic heterocycles. The maximum Gasteiger partial charge on any atom is 0.177 e. The van der Waals surface area contributed by atoms with Crippen LogP contribution in [0.25, 0.3) is 0 Å². The third-order valence-corrected chi connectivity index (χ3v) is 4.24. The first kappa shape index (κ1) is 12.8. The Morgan fingerprint density at radius 3 is 2.84 bits per heavy atom. The Labute approximate surface area is 119 Å². The molecule has 0 saturated heterocycles. The Morgan fingerprint density at radius 2 is 2.16 bits per heavy atom. The van der Waals surface area contributed by atoms with Crippen LogP contribution in [0.3, 0.4) is 0 Å². The molecule has 1 N–H and O–H groups in total. The lowest BCUT2D eigenvalue weighted by Gasteiger charge is -2.12. The number of aromatic nitrogens is 2. The molecule has 0 amide bonds. The summed E-state index contributed by atoms with van der Waals surface area (Å²) in [4.78, 5) is 3.05. The van der Waals surface area contributed by atoms with E-state index in [2.05, 4.69) is 4.98 Å². The number of halogens is 3. The highest BCUT2D eigenvalue weighted by Gasteiger charge is 2.30. The maximum absolute atomic E-state index is 14.0. The minimum Gasteiger partial charge on any atom is -0.335 e. The lowest BCUT2D eigenvalue weighted by molar-refractivity contribution is 0.513. The zero-order valence-corrected chi connectivity index (χ0v) is 11.7. The minimum atomic E-state index is -0.662. The zero-order chi connectivity index (χ0) is 13.7. The molecule has 1 unspecified atom stereocenters. The molecule has 2 aromatic rings. The predicted octanol–water partition coefficient (Wildman–Crippen LogP) is 4.13. The van der Waals surface area contributed by atoms with Crippen LogP contribution >= 0.6 is 23.8 Å². The highest BCUT2D eigenvalue weighted by molar-refractivity contribution is 7.71. The first-order valence-electron chi connectivity index (χ1n) is 5.90. The van der Waals surface area contributed by atoms with Crippen molar-refractivity contribution in [2.75, 3.05) is 0 Å². The zero-order valence-electron chi connectivity index (χ0n) is 10.1. The van der Waals surface area contributed by atoms with Gasteiger partial charge in [0.1, 0.15) is 11.6 Å². The van der Waals surface area contributed by atoms with Crippen LogP contribution in [0.4, 0.5) is 8.78 Å². The number of nitrogens with one attached hydrogen (secondary N) is 1. The quantitative estimate of drug-likeness (QED) is 0.620. The molecule has 100 valence electrons. The van der Waals surface area contributed by atoms with Gasteiger partial charge in [-0.3, -0.25) is 0 Å². The summed E-state index contributed by atoms with van der Waals surface area (Å²) in [5, 5.41) is -0.0464. The topological polar surface area (TPSA) is 20.7 Å². The fourth-order valence-electron chi connectivity index (χ4n) is 2.71. The number of hydrogen-bond acceptors (Lipinski definition) is 1. The van der Waals surface area contributed by atoms with Crippen molar-refractivity contribution in [2.24, 2.45) is 0 Å². The molecule has 0 aliphatic carbocycles. The van der Waals surface area contributed by atoms with E-state index in [9.17, 15) is 8.78 Å². The number of hydrogen-bond donors (Lipinski definition) is 1. The van der Waals surface area contributed by atoms with Crippen LogP contribution in [-0.2, 0) is 13.0 Å². The largest absolute Gasteiger partial charge is 0.335 e. The van der Waals surface area contributed by atoms with Crippen LogP contribution in [0, 0.1) is 23.3 Å². The normalized spacial score (nSPS) is 17.8. The van der Waals surface area contributed by atoms with E-state index in [0.717, 1.165) is 11.4 Å². The molecule has 0 fully saturated rings. The van der Waals surface area contributed by atoms with Gasteiger partial charge in [-0.15, -0.1) is 0 Å². The summed E-state index contributed by atoms with van der Waals surface area (Å²) in [5.74, 6) is -1.47. The van der Waals surface area contributed by atoms with E-state index >= 15 is 0 Å². The van der Waals surface area contributed by atoms with Crippen LogP contribution in [-0.4, -0.2) is 9.55 Å². The van der Waals surface area contributed by atoms with Crippen LogP contribution < -0.4 is 0 Å². The van der Waals surface area contributed by atoms with Crippen LogP contribution in [0.15, 0.2) is 12.1 Å². The molecule has 1 atom stereocenters. The van der Waals surface area contributed by atoms with Crippen molar-refractivity contribution in [1.29, 1.82) is 0 Å². The van der Waals surface area contributed by atoms with Crippen molar-refractivity contribution < 1.29 is 8.78 Å². The molecule has 1 aliphatic rings. The van der Waals surface area contributed by atoms with Gasteiger partial charge in [0.2, 0.25) is 0 Å². The van der Waals surface area contributed by atoms with Gasteiger partial charge in [0.25, 0.3) is 0 Å². The molecule has 0 saturated carbocycles. The van der Waals surface area contributed by atoms with Gasteiger partial charge < -0.3 is 9.55 Å². The molecule has 6 heteroatoms. The molecule has 0 radical (unpaired) electrons. The molecule has 0 spiro atoms. The number of rotatable bonds is 1. The number of fused-ring (bicyclic) bond motifs is 1. The number of imidazole rings is 1. The van der Waals surface area contributed by atoms with Crippen LogP contribution in [0.1, 0.15) is 22.9 Å². The van der Waals surface area contributed by atoms with Crippen LogP contribution in [0.5, 0.6) is 0 Å². The molecule has 2 nitrogen and oxygen atoms in total. The average Bonchev–Trinajstić information content (AvgIpc) is 2.88. The SMILES string of the molecule is Cc1[nH]c(=S)n2c1CC(c1c(F)ccc(Cl)c1F)C2. The van der Waals surface area contributed by atoms with Crippen LogP contribution in [0.2, 0.25) is 5.02 Å². The highest BCUT2D eigenvalue weighted by Crippen LogP contribution is 2.36. The maximum atomic E-state index is 14.0.